The lowest BCUT2D eigenvalue weighted by molar-refractivity contribution is -0.135. The molecule has 1 fully saturated rings. The number of hydrogen-bond acceptors (Lipinski definition) is 4. The number of benzene rings is 2. The minimum absolute atomic E-state index is 0.0708. The zero-order valence-electron chi connectivity index (χ0n) is 20.2. The summed E-state index contributed by atoms with van der Waals surface area (Å²) >= 11 is 0. The molecule has 0 spiro atoms. The zero-order valence-corrected chi connectivity index (χ0v) is 20.2. The van der Waals surface area contributed by atoms with E-state index in [2.05, 4.69) is 27.1 Å². The molecular formula is C28H30N4O3. The highest BCUT2D eigenvalue weighted by molar-refractivity contribution is 5.86. The number of imidazole rings is 1. The van der Waals surface area contributed by atoms with E-state index < -0.39 is 12.1 Å². The third-order valence-corrected chi connectivity index (χ3v) is 6.16. The van der Waals surface area contributed by atoms with Gasteiger partial charge in [-0.1, -0.05) is 56.0 Å². The molecule has 1 aliphatic heterocycles. The number of carbonyl (C=O) groups excluding carboxylic acids is 2. The average molecular weight is 471 g/mol. The van der Waals surface area contributed by atoms with Crippen LogP contribution in [0.25, 0.3) is 11.3 Å². The number of H-pyrrole nitrogens is 1. The molecule has 2 N–H and O–H groups in total. The molecule has 1 aromatic heterocycles. The molecule has 1 aliphatic rings. The molecule has 3 aromatic rings. The van der Waals surface area contributed by atoms with Crippen molar-refractivity contribution in [3.05, 3.63) is 77.7 Å². The predicted octanol–water partition coefficient (Wildman–Crippen LogP) is 4.52. The van der Waals surface area contributed by atoms with Crippen molar-refractivity contribution in [2.75, 3.05) is 13.7 Å². The van der Waals surface area contributed by atoms with Crippen LogP contribution in [0.3, 0.4) is 0 Å². The molecule has 2 aromatic carbocycles. The molecule has 7 heteroatoms. The van der Waals surface area contributed by atoms with Gasteiger partial charge >= 0.3 is 6.09 Å². The van der Waals surface area contributed by atoms with E-state index in [1.807, 2.05) is 73.3 Å². The maximum absolute atomic E-state index is 13.3. The summed E-state index contributed by atoms with van der Waals surface area (Å²) in [5, 5.41) is 2.68. The van der Waals surface area contributed by atoms with Crippen molar-refractivity contribution in [3.8, 4) is 23.1 Å². The molecule has 0 saturated carbocycles. The van der Waals surface area contributed by atoms with E-state index in [0.717, 1.165) is 41.1 Å². The summed E-state index contributed by atoms with van der Waals surface area (Å²) in [5.41, 5.74) is 3.79. The van der Waals surface area contributed by atoms with Crippen molar-refractivity contribution in [1.82, 2.24) is 20.2 Å². The lowest BCUT2D eigenvalue weighted by atomic mass is 10.0. The minimum atomic E-state index is -0.651. The number of amides is 2. The van der Waals surface area contributed by atoms with Crippen LogP contribution in [0.4, 0.5) is 4.79 Å². The fraction of sp³-hybridized carbons (Fsp3) is 0.321. The van der Waals surface area contributed by atoms with E-state index in [0.29, 0.717) is 6.54 Å². The molecule has 35 heavy (non-hydrogen) atoms. The highest BCUT2D eigenvalue weighted by atomic mass is 16.5. The monoisotopic (exact) mass is 470 g/mol. The quantitative estimate of drug-likeness (QED) is 0.537. The summed E-state index contributed by atoms with van der Waals surface area (Å²) in [6, 6.07) is 17.1. The number of carbonyl (C=O) groups is 2. The standard InChI is InChI=1S/C28H30N4O3/c1-19(2)25(31-28(34)35-3)27(33)32-17-7-10-24(32)26-29-18-23(30-26)22-15-13-21(14-16-22)12-11-20-8-5-4-6-9-20/h4-6,8-9,13-16,18-19,24-25H,7,10,17H2,1-3H3,(H,29,30)(H,31,34)/t24-,25-/m0/s1. The highest BCUT2D eigenvalue weighted by Crippen LogP contribution is 2.32. The number of rotatable bonds is 5. The topological polar surface area (TPSA) is 87.3 Å². The minimum Gasteiger partial charge on any atom is -0.453 e. The number of nitrogens with zero attached hydrogens (tertiary/aromatic N) is 2. The van der Waals surface area contributed by atoms with E-state index >= 15 is 0 Å². The number of aromatic amines is 1. The molecule has 0 aliphatic carbocycles. The average Bonchev–Trinajstić information content (AvgIpc) is 3.56. The maximum Gasteiger partial charge on any atom is 0.407 e. The van der Waals surface area contributed by atoms with Crippen molar-refractivity contribution >= 4 is 12.0 Å². The van der Waals surface area contributed by atoms with Gasteiger partial charge in [-0.2, -0.15) is 0 Å². The fourth-order valence-corrected chi connectivity index (χ4v) is 4.24. The van der Waals surface area contributed by atoms with Gasteiger partial charge in [-0.3, -0.25) is 4.79 Å². The Kier molecular flexibility index (Phi) is 7.51. The van der Waals surface area contributed by atoms with E-state index in [-0.39, 0.29) is 17.9 Å². The lowest BCUT2D eigenvalue weighted by Gasteiger charge is -2.30. The van der Waals surface area contributed by atoms with Gasteiger partial charge in [-0.15, -0.1) is 0 Å². The normalized spacial score (nSPS) is 15.9. The third kappa shape index (κ3) is 5.72. The first-order valence-corrected chi connectivity index (χ1v) is 11.8. The number of nitrogens with one attached hydrogen (secondary N) is 2. The number of hydrogen-bond donors (Lipinski definition) is 2. The maximum atomic E-state index is 13.3. The van der Waals surface area contributed by atoms with Gasteiger partial charge < -0.3 is 19.9 Å². The van der Waals surface area contributed by atoms with Crippen LogP contribution in [0.15, 0.2) is 60.8 Å². The summed E-state index contributed by atoms with van der Waals surface area (Å²) in [6.07, 6.45) is 2.89. The van der Waals surface area contributed by atoms with Gasteiger partial charge in [0.2, 0.25) is 5.91 Å². The number of ether oxygens (including phenoxy) is 1. The number of aromatic nitrogens is 2. The Bertz CT molecular complexity index is 1220. The van der Waals surface area contributed by atoms with E-state index in [1.165, 1.54) is 7.11 Å². The first kappa shape index (κ1) is 24.1. The number of likely N-dealkylation sites (tertiary alicyclic amines) is 1. The fourth-order valence-electron chi connectivity index (χ4n) is 4.24. The molecular weight excluding hydrogens is 440 g/mol. The van der Waals surface area contributed by atoms with Gasteiger partial charge in [0.25, 0.3) is 0 Å². The Balaban J connectivity index is 1.48. The Morgan fingerprint density at radius 1 is 1.09 bits per heavy atom. The van der Waals surface area contributed by atoms with Crippen LogP contribution in [0.5, 0.6) is 0 Å². The van der Waals surface area contributed by atoms with Gasteiger partial charge in [0.05, 0.1) is 25.0 Å². The Labute approximate surface area is 205 Å². The summed E-state index contributed by atoms with van der Waals surface area (Å²) in [7, 11) is 1.29. The van der Waals surface area contributed by atoms with Crippen LogP contribution in [-0.2, 0) is 9.53 Å². The van der Waals surface area contributed by atoms with Crippen molar-refractivity contribution < 1.29 is 14.3 Å². The summed E-state index contributed by atoms with van der Waals surface area (Å²) in [6.45, 7) is 4.44. The van der Waals surface area contributed by atoms with Crippen LogP contribution >= 0.6 is 0 Å². The molecule has 4 rings (SSSR count). The van der Waals surface area contributed by atoms with Crippen molar-refractivity contribution in [3.63, 3.8) is 0 Å². The van der Waals surface area contributed by atoms with E-state index in [4.69, 9.17) is 4.74 Å². The molecule has 0 bridgehead atoms. The van der Waals surface area contributed by atoms with Gasteiger partial charge in [0.1, 0.15) is 11.9 Å². The number of methoxy groups -OCH3 is 1. The Hall–Kier alpha value is -4.05. The Morgan fingerprint density at radius 2 is 1.77 bits per heavy atom. The summed E-state index contributed by atoms with van der Waals surface area (Å²) in [5.74, 6) is 6.91. The smallest absolute Gasteiger partial charge is 0.407 e. The van der Waals surface area contributed by atoms with Crippen LogP contribution < -0.4 is 5.32 Å². The zero-order chi connectivity index (χ0) is 24.8. The summed E-state index contributed by atoms with van der Waals surface area (Å²) in [4.78, 5) is 34.9. The molecule has 0 radical (unpaired) electrons. The van der Waals surface area contributed by atoms with Gasteiger partial charge in [-0.05, 0) is 48.6 Å². The molecule has 7 nitrogen and oxygen atoms in total. The van der Waals surface area contributed by atoms with Crippen LogP contribution in [0, 0.1) is 17.8 Å². The summed E-state index contributed by atoms with van der Waals surface area (Å²) < 4.78 is 4.71. The lowest BCUT2D eigenvalue weighted by Crippen LogP contribution is -2.51. The van der Waals surface area contributed by atoms with Crippen LogP contribution in [0.1, 0.15) is 49.7 Å². The molecule has 1 saturated heterocycles. The van der Waals surface area contributed by atoms with E-state index in [9.17, 15) is 9.59 Å². The predicted molar refractivity (Wildman–Crippen MR) is 134 cm³/mol. The van der Waals surface area contributed by atoms with Gasteiger partial charge in [0.15, 0.2) is 0 Å². The first-order valence-electron chi connectivity index (χ1n) is 11.8. The number of alkyl carbamates (subject to hydrolysis) is 1. The third-order valence-electron chi connectivity index (χ3n) is 6.16. The van der Waals surface area contributed by atoms with Crippen molar-refractivity contribution in [1.29, 1.82) is 0 Å². The second-order valence-electron chi connectivity index (χ2n) is 8.92. The SMILES string of the molecule is COC(=O)N[C@H](C(=O)N1CCC[C@H]1c1ncc(-c2ccc(C#Cc3ccccc3)cc2)[nH]1)C(C)C. The molecule has 2 atom stereocenters. The highest BCUT2D eigenvalue weighted by Gasteiger charge is 2.37. The van der Waals surface area contributed by atoms with Crippen molar-refractivity contribution in [2.24, 2.45) is 5.92 Å². The second kappa shape index (κ2) is 10.9. The largest absolute Gasteiger partial charge is 0.453 e. The van der Waals surface area contributed by atoms with Crippen LogP contribution in [-0.4, -0.2) is 46.6 Å². The molecule has 180 valence electrons. The van der Waals surface area contributed by atoms with Gasteiger partial charge in [0, 0.05) is 17.7 Å². The molecule has 2 amide bonds. The molecule has 2 heterocycles. The van der Waals surface area contributed by atoms with Gasteiger partial charge in [-0.25, -0.2) is 9.78 Å². The van der Waals surface area contributed by atoms with Crippen molar-refractivity contribution in [2.45, 2.75) is 38.8 Å². The first-order chi connectivity index (χ1) is 17.0. The van der Waals surface area contributed by atoms with Crippen LogP contribution in [0.2, 0.25) is 0 Å². The van der Waals surface area contributed by atoms with E-state index in [1.54, 1.807) is 6.20 Å². The molecule has 0 unspecified atom stereocenters. The second-order valence-corrected chi connectivity index (χ2v) is 8.92. The Morgan fingerprint density at radius 3 is 2.43 bits per heavy atom.